The molecule has 0 spiro atoms. The van der Waals surface area contributed by atoms with Crippen LogP contribution in [0.25, 0.3) is 0 Å². The number of ether oxygens (including phenoxy) is 1. The van der Waals surface area contributed by atoms with Gasteiger partial charge in [0.2, 0.25) is 0 Å². The van der Waals surface area contributed by atoms with Gasteiger partial charge in [-0.2, -0.15) is 0 Å². The molecule has 112 valence electrons. The van der Waals surface area contributed by atoms with E-state index in [2.05, 4.69) is 29.2 Å². The maximum absolute atomic E-state index is 10.5. The Kier molecular flexibility index (Phi) is 5.19. The summed E-state index contributed by atoms with van der Waals surface area (Å²) in [7, 11) is 1.76. The van der Waals surface area contributed by atoms with Gasteiger partial charge in [-0.15, -0.1) is 0 Å². The van der Waals surface area contributed by atoms with Crippen molar-refractivity contribution in [3.8, 4) is 0 Å². The fourth-order valence-electron chi connectivity index (χ4n) is 3.22. The van der Waals surface area contributed by atoms with Crippen LogP contribution in [-0.4, -0.2) is 41.9 Å². The number of hydrogen-bond acceptors (Lipinski definition) is 3. The fraction of sp³-hybridized carbons (Fsp3) is 0.647. The molecule has 0 amide bonds. The van der Waals surface area contributed by atoms with Crippen molar-refractivity contribution in [1.29, 1.82) is 0 Å². The lowest BCUT2D eigenvalue weighted by Crippen LogP contribution is -2.53. The summed E-state index contributed by atoms with van der Waals surface area (Å²) in [5, 5.41) is 10.5. The molecule has 0 aromatic heterocycles. The van der Waals surface area contributed by atoms with Crippen molar-refractivity contribution < 1.29 is 9.84 Å². The van der Waals surface area contributed by atoms with E-state index < -0.39 is 5.60 Å². The van der Waals surface area contributed by atoms with Crippen molar-refractivity contribution in [2.24, 2.45) is 5.92 Å². The van der Waals surface area contributed by atoms with E-state index in [0.717, 1.165) is 32.5 Å². The summed E-state index contributed by atoms with van der Waals surface area (Å²) in [6.07, 6.45) is 2.15. The maximum atomic E-state index is 10.5. The zero-order valence-electron chi connectivity index (χ0n) is 12.9. The topological polar surface area (TPSA) is 32.7 Å². The first-order chi connectivity index (χ1) is 9.50. The van der Waals surface area contributed by atoms with Crippen LogP contribution in [0.15, 0.2) is 30.3 Å². The smallest absolute Gasteiger partial charge is 0.0746 e. The largest absolute Gasteiger partial charge is 0.389 e. The van der Waals surface area contributed by atoms with Crippen LogP contribution >= 0.6 is 0 Å². The third-order valence-electron chi connectivity index (χ3n) is 4.27. The van der Waals surface area contributed by atoms with E-state index in [9.17, 15) is 5.11 Å². The minimum Gasteiger partial charge on any atom is -0.389 e. The van der Waals surface area contributed by atoms with E-state index in [1.54, 1.807) is 7.11 Å². The zero-order chi connectivity index (χ0) is 14.6. The Morgan fingerprint density at radius 3 is 2.60 bits per heavy atom. The summed E-state index contributed by atoms with van der Waals surface area (Å²) in [5.74, 6) is 0.559. The van der Waals surface area contributed by atoms with Gasteiger partial charge in [0, 0.05) is 26.3 Å². The quantitative estimate of drug-likeness (QED) is 0.898. The minimum atomic E-state index is -0.679. The first-order valence-electron chi connectivity index (χ1n) is 7.50. The molecule has 3 nitrogen and oxygen atoms in total. The number of piperidine rings is 1. The molecule has 1 saturated heterocycles. The number of benzene rings is 1. The molecular formula is C17H27NO2. The maximum Gasteiger partial charge on any atom is 0.0746 e. The van der Waals surface area contributed by atoms with E-state index in [0.29, 0.717) is 5.92 Å². The molecule has 0 bridgehead atoms. The lowest BCUT2D eigenvalue weighted by atomic mass is 9.83. The van der Waals surface area contributed by atoms with Crippen molar-refractivity contribution in [3.63, 3.8) is 0 Å². The van der Waals surface area contributed by atoms with Gasteiger partial charge in [-0.25, -0.2) is 0 Å². The van der Waals surface area contributed by atoms with Crippen LogP contribution in [0.1, 0.15) is 32.3 Å². The molecule has 1 aliphatic heterocycles. The minimum absolute atomic E-state index is 0.191. The highest BCUT2D eigenvalue weighted by atomic mass is 16.5. The fourth-order valence-corrected chi connectivity index (χ4v) is 3.22. The lowest BCUT2D eigenvalue weighted by molar-refractivity contribution is -0.0592. The van der Waals surface area contributed by atoms with Gasteiger partial charge in [0.15, 0.2) is 0 Å². The molecule has 2 unspecified atom stereocenters. The molecule has 3 heteroatoms. The van der Waals surface area contributed by atoms with E-state index in [1.165, 1.54) is 5.56 Å². The average molecular weight is 277 g/mol. The van der Waals surface area contributed by atoms with Crippen LogP contribution in [0.2, 0.25) is 0 Å². The number of likely N-dealkylation sites (tertiary alicyclic amines) is 1. The Morgan fingerprint density at radius 1 is 1.30 bits per heavy atom. The summed E-state index contributed by atoms with van der Waals surface area (Å²) >= 11 is 0. The molecule has 20 heavy (non-hydrogen) atoms. The van der Waals surface area contributed by atoms with Gasteiger partial charge >= 0.3 is 0 Å². The third kappa shape index (κ3) is 4.05. The monoisotopic (exact) mass is 277 g/mol. The Morgan fingerprint density at radius 2 is 2.00 bits per heavy atom. The first kappa shape index (κ1) is 15.5. The van der Waals surface area contributed by atoms with Crippen molar-refractivity contribution in [2.75, 3.05) is 20.3 Å². The highest BCUT2D eigenvalue weighted by Gasteiger charge is 2.37. The van der Waals surface area contributed by atoms with Gasteiger partial charge in [-0.3, -0.25) is 4.90 Å². The molecule has 0 aliphatic carbocycles. The van der Waals surface area contributed by atoms with E-state index >= 15 is 0 Å². The molecule has 1 heterocycles. The molecular weight excluding hydrogens is 250 g/mol. The lowest BCUT2D eigenvalue weighted by Gasteiger charge is -2.45. The van der Waals surface area contributed by atoms with Crippen LogP contribution in [0.3, 0.4) is 0 Å². The summed E-state index contributed by atoms with van der Waals surface area (Å²) in [4.78, 5) is 2.42. The predicted octanol–water partition coefficient (Wildman–Crippen LogP) is 2.68. The predicted molar refractivity (Wildman–Crippen MR) is 81.5 cm³/mol. The average Bonchev–Trinajstić information content (AvgIpc) is 2.41. The standard InChI is InChI=1S/C17H27NO2/c1-17(2,19)16-11-15(13-20-3)9-10-18(16)12-14-7-5-4-6-8-14/h4-8,15-16,19H,9-13H2,1-3H3. The third-order valence-corrected chi connectivity index (χ3v) is 4.27. The summed E-state index contributed by atoms with van der Waals surface area (Å²) in [6, 6.07) is 10.7. The van der Waals surface area contributed by atoms with Crippen molar-refractivity contribution in [3.05, 3.63) is 35.9 Å². The molecule has 0 radical (unpaired) electrons. The van der Waals surface area contributed by atoms with Gasteiger partial charge in [0.1, 0.15) is 0 Å². The highest BCUT2D eigenvalue weighted by Crippen LogP contribution is 2.31. The van der Waals surface area contributed by atoms with Crippen LogP contribution in [0, 0.1) is 5.92 Å². The summed E-state index contributed by atoms with van der Waals surface area (Å²) in [5.41, 5.74) is 0.633. The molecule has 1 fully saturated rings. The normalized spacial score (nSPS) is 24.8. The van der Waals surface area contributed by atoms with Gasteiger partial charge in [0.05, 0.1) is 5.60 Å². The Hall–Kier alpha value is -0.900. The summed E-state index contributed by atoms with van der Waals surface area (Å²) in [6.45, 7) is 6.58. The van der Waals surface area contributed by atoms with E-state index in [4.69, 9.17) is 4.74 Å². The van der Waals surface area contributed by atoms with Crippen LogP contribution in [0.4, 0.5) is 0 Å². The molecule has 1 aliphatic rings. The number of methoxy groups -OCH3 is 1. The number of aliphatic hydroxyl groups is 1. The molecule has 1 aromatic carbocycles. The first-order valence-corrected chi connectivity index (χ1v) is 7.50. The van der Waals surface area contributed by atoms with Crippen molar-refractivity contribution in [2.45, 2.75) is 44.9 Å². The molecule has 2 rings (SSSR count). The SMILES string of the molecule is COCC1CCN(Cc2ccccc2)C(C(C)(C)O)C1. The Balaban J connectivity index is 2.07. The Labute approximate surface area is 122 Å². The number of nitrogens with zero attached hydrogens (tertiary/aromatic N) is 1. The molecule has 0 saturated carbocycles. The van der Waals surface area contributed by atoms with E-state index in [-0.39, 0.29) is 6.04 Å². The molecule has 1 N–H and O–H groups in total. The number of rotatable bonds is 5. The van der Waals surface area contributed by atoms with Crippen molar-refractivity contribution >= 4 is 0 Å². The van der Waals surface area contributed by atoms with Gasteiger partial charge in [-0.1, -0.05) is 30.3 Å². The Bertz CT molecular complexity index is 399. The van der Waals surface area contributed by atoms with Gasteiger partial charge in [0.25, 0.3) is 0 Å². The second kappa shape index (κ2) is 6.70. The number of hydrogen-bond donors (Lipinski definition) is 1. The second-order valence-corrected chi connectivity index (χ2v) is 6.47. The highest BCUT2D eigenvalue weighted by molar-refractivity contribution is 5.15. The van der Waals surface area contributed by atoms with E-state index in [1.807, 2.05) is 19.9 Å². The van der Waals surface area contributed by atoms with Gasteiger partial charge in [-0.05, 0) is 44.7 Å². The summed E-state index contributed by atoms with van der Waals surface area (Å²) < 4.78 is 5.30. The van der Waals surface area contributed by atoms with Crippen LogP contribution in [-0.2, 0) is 11.3 Å². The van der Waals surface area contributed by atoms with Crippen molar-refractivity contribution in [1.82, 2.24) is 4.90 Å². The molecule has 2 atom stereocenters. The molecule has 1 aromatic rings. The van der Waals surface area contributed by atoms with Gasteiger partial charge < -0.3 is 9.84 Å². The zero-order valence-corrected chi connectivity index (χ0v) is 12.9. The van der Waals surface area contributed by atoms with Crippen LogP contribution < -0.4 is 0 Å². The second-order valence-electron chi connectivity index (χ2n) is 6.47. The van der Waals surface area contributed by atoms with Crippen LogP contribution in [0.5, 0.6) is 0 Å².